The molecule has 0 spiro atoms. The molecule has 4 rings (SSSR count). The number of nitro benzene ring substituents is 1. The summed E-state index contributed by atoms with van der Waals surface area (Å²) < 4.78 is 0. The first-order chi connectivity index (χ1) is 15.9. The molecule has 1 N–H and O–H groups in total. The number of carbonyl (C=O) groups excluding carboxylic acids is 2. The van der Waals surface area contributed by atoms with Gasteiger partial charge in [-0.25, -0.2) is 4.99 Å². The van der Waals surface area contributed by atoms with Gasteiger partial charge in [-0.05, 0) is 29.8 Å². The van der Waals surface area contributed by atoms with Gasteiger partial charge >= 0.3 is 0 Å². The summed E-state index contributed by atoms with van der Waals surface area (Å²) in [7, 11) is 1.65. The van der Waals surface area contributed by atoms with Crippen molar-refractivity contribution >= 4 is 35.0 Å². The van der Waals surface area contributed by atoms with Crippen LogP contribution in [0.1, 0.15) is 16.7 Å². The summed E-state index contributed by atoms with van der Waals surface area (Å²) in [6.45, 7) is 0. The predicted molar refractivity (Wildman–Crippen MR) is 126 cm³/mol. The molecule has 8 nitrogen and oxygen atoms in total. The lowest BCUT2D eigenvalue weighted by molar-refractivity contribution is -0.384. The quantitative estimate of drug-likeness (QED) is 0.372. The van der Waals surface area contributed by atoms with Gasteiger partial charge in [-0.3, -0.25) is 19.7 Å². The van der Waals surface area contributed by atoms with Crippen molar-refractivity contribution in [3.05, 3.63) is 112 Å². The first-order valence-corrected chi connectivity index (χ1v) is 10.2. The van der Waals surface area contributed by atoms with Crippen molar-refractivity contribution in [2.45, 2.75) is 6.17 Å². The van der Waals surface area contributed by atoms with Gasteiger partial charge in [0.2, 0.25) is 12.1 Å². The van der Waals surface area contributed by atoms with E-state index in [-0.39, 0.29) is 11.6 Å². The lowest BCUT2D eigenvalue weighted by atomic mass is 10.0. The van der Waals surface area contributed by atoms with Crippen LogP contribution < -0.4 is 10.2 Å². The van der Waals surface area contributed by atoms with Crippen LogP contribution in [0.2, 0.25) is 0 Å². The maximum absolute atomic E-state index is 13.1. The van der Waals surface area contributed by atoms with Crippen molar-refractivity contribution in [3.8, 4) is 0 Å². The second-order valence-corrected chi connectivity index (χ2v) is 7.35. The van der Waals surface area contributed by atoms with Crippen LogP contribution in [-0.4, -0.2) is 35.7 Å². The molecule has 33 heavy (non-hydrogen) atoms. The molecular weight excluding hydrogens is 420 g/mol. The number of hydrogen-bond donors (Lipinski definition) is 1. The number of aliphatic imine (C=N–C) groups is 1. The van der Waals surface area contributed by atoms with Crippen LogP contribution >= 0.6 is 0 Å². The topological polar surface area (TPSA) is 105 Å². The summed E-state index contributed by atoms with van der Waals surface area (Å²) >= 11 is 0. The van der Waals surface area contributed by atoms with Gasteiger partial charge in [0.15, 0.2) is 0 Å². The first-order valence-electron chi connectivity index (χ1n) is 10.2. The van der Waals surface area contributed by atoms with Crippen molar-refractivity contribution < 1.29 is 14.5 Å². The van der Waals surface area contributed by atoms with Gasteiger partial charge in [0.25, 0.3) is 11.6 Å². The molecule has 0 saturated carbocycles. The summed E-state index contributed by atoms with van der Waals surface area (Å²) in [6, 6.07) is 22.7. The highest BCUT2D eigenvalue weighted by atomic mass is 16.6. The average molecular weight is 440 g/mol. The van der Waals surface area contributed by atoms with Gasteiger partial charge in [-0.2, -0.15) is 0 Å². The van der Waals surface area contributed by atoms with Gasteiger partial charge in [-0.15, -0.1) is 0 Å². The van der Waals surface area contributed by atoms with E-state index in [0.29, 0.717) is 17.0 Å². The third-order valence-corrected chi connectivity index (χ3v) is 5.20. The smallest absolute Gasteiger partial charge is 0.272 e. The van der Waals surface area contributed by atoms with Crippen molar-refractivity contribution in [2.24, 2.45) is 4.99 Å². The van der Waals surface area contributed by atoms with E-state index >= 15 is 0 Å². The zero-order chi connectivity index (χ0) is 23.4. The predicted octanol–water partition coefficient (Wildman–Crippen LogP) is 3.56. The van der Waals surface area contributed by atoms with Gasteiger partial charge in [0.05, 0.1) is 16.3 Å². The summed E-state index contributed by atoms with van der Waals surface area (Å²) in [5.74, 6) is -0.882. The number of anilines is 1. The summed E-state index contributed by atoms with van der Waals surface area (Å²) in [5.41, 5.74) is 3.50. The normalized spacial score (nSPS) is 15.5. The fraction of sp³-hybridized carbons (Fsp3) is 0.0800. The number of fused-ring (bicyclic) bond motifs is 1. The van der Waals surface area contributed by atoms with E-state index in [1.807, 2.05) is 54.6 Å². The minimum Gasteiger partial charge on any atom is -0.323 e. The fourth-order valence-electron chi connectivity index (χ4n) is 3.50. The number of nitrogens with one attached hydrogen (secondary N) is 1. The zero-order valence-corrected chi connectivity index (χ0v) is 17.7. The number of para-hydroxylation sites is 1. The molecule has 3 aromatic rings. The van der Waals surface area contributed by atoms with Crippen LogP contribution in [0.4, 0.5) is 11.4 Å². The number of benzene rings is 3. The first kappa shape index (κ1) is 21.6. The van der Waals surface area contributed by atoms with Crippen LogP contribution in [0.3, 0.4) is 0 Å². The molecule has 0 bridgehead atoms. The number of nitro groups is 1. The Bertz CT molecular complexity index is 1270. The molecule has 0 aromatic heterocycles. The van der Waals surface area contributed by atoms with E-state index in [2.05, 4.69) is 10.3 Å². The Morgan fingerprint density at radius 1 is 1.03 bits per heavy atom. The van der Waals surface area contributed by atoms with E-state index in [1.165, 1.54) is 41.3 Å². The molecule has 3 aromatic carbocycles. The third-order valence-electron chi connectivity index (χ3n) is 5.20. The molecule has 164 valence electrons. The maximum Gasteiger partial charge on any atom is 0.272 e. The SMILES string of the molecule is CN1C(=O)[C@H](NC(=O)C=Cc2ccc([N+](=O)[O-])cc2)N=C(c2ccccc2)c2ccccc21. The van der Waals surface area contributed by atoms with Crippen molar-refractivity contribution in [1.29, 1.82) is 0 Å². The van der Waals surface area contributed by atoms with Crippen LogP contribution in [0.5, 0.6) is 0 Å². The number of benzodiazepines with no additional fused rings is 1. The molecule has 1 aliphatic heterocycles. The largest absolute Gasteiger partial charge is 0.323 e. The number of hydrogen-bond acceptors (Lipinski definition) is 5. The van der Waals surface area contributed by atoms with E-state index in [4.69, 9.17) is 0 Å². The van der Waals surface area contributed by atoms with Crippen LogP contribution in [0.15, 0.2) is 89.9 Å². The molecule has 1 heterocycles. The standard InChI is InChI=1S/C25H20N4O4/c1-28-21-10-6-5-9-20(21)23(18-7-3-2-4-8-18)27-24(25(28)31)26-22(30)16-13-17-11-14-19(15-12-17)29(32)33/h2-16,24H,1H3,(H,26,30)/t24-/m1/s1. The monoisotopic (exact) mass is 440 g/mol. The Hall–Kier alpha value is -4.59. The lowest BCUT2D eigenvalue weighted by Crippen LogP contribution is -2.45. The Labute approximate surface area is 190 Å². The highest BCUT2D eigenvalue weighted by Crippen LogP contribution is 2.27. The molecule has 0 unspecified atom stereocenters. The van der Waals surface area contributed by atoms with E-state index in [0.717, 1.165) is 11.1 Å². The van der Waals surface area contributed by atoms with E-state index in [9.17, 15) is 19.7 Å². The van der Waals surface area contributed by atoms with E-state index in [1.54, 1.807) is 7.05 Å². The lowest BCUT2D eigenvalue weighted by Gasteiger charge is -2.20. The number of amides is 2. The second-order valence-electron chi connectivity index (χ2n) is 7.35. The van der Waals surface area contributed by atoms with Crippen molar-refractivity contribution in [1.82, 2.24) is 5.32 Å². The van der Waals surface area contributed by atoms with Gasteiger partial charge in [0.1, 0.15) is 0 Å². The highest BCUT2D eigenvalue weighted by molar-refractivity contribution is 6.20. The van der Waals surface area contributed by atoms with Gasteiger partial charge < -0.3 is 10.2 Å². The van der Waals surface area contributed by atoms with Crippen LogP contribution in [0.25, 0.3) is 6.08 Å². The highest BCUT2D eigenvalue weighted by Gasteiger charge is 2.30. The average Bonchev–Trinajstić information content (AvgIpc) is 2.94. The summed E-state index contributed by atoms with van der Waals surface area (Å²) in [4.78, 5) is 42.1. The van der Waals surface area contributed by atoms with Crippen molar-refractivity contribution in [3.63, 3.8) is 0 Å². The Morgan fingerprint density at radius 2 is 1.70 bits per heavy atom. The van der Waals surface area contributed by atoms with Gasteiger partial charge in [-0.1, -0.05) is 48.5 Å². The number of likely N-dealkylation sites (N-methyl/N-ethyl adjacent to an activating group) is 1. The fourth-order valence-corrected chi connectivity index (χ4v) is 3.50. The molecule has 0 saturated heterocycles. The minimum absolute atomic E-state index is 0.0361. The van der Waals surface area contributed by atoms with E-state index < -0.39 is 17.0 Å². The van der Waals surface area contributed by atoms with Crippen LogP contribution in [-0.2, 0) is 9.59 Å². The maximum atomic E-state index is 13.1. The number of non-ortho nitro benzene ring substituents is 1. The molecule has 1 aliphatic rings. The number of nitrogens with zero attached hydrogens (tertiary/aromatic N) is 3. The zero-order valence-electron chi connectivity index (χ0n) is 17.7. The molecular formula is C25H20N4O4. The second kappa shape index (κ2) is 9.27. The molecule has 8 heteroatoms. The number of rotatable bonds is 5. The minimum atomic E-state index is -1.12. The molecule has 1 atom stereocenters. The molecule has 0 radical (unpaired) electrons. The van der Waals surface area contributed by atoms with Crippen LogP contribution in [0, 0.1) is 10.1 Å². The molecule has 2 amide bonds. The summed E-state index contributed by atoms with van der Waals surface area (Å²) in [5, 5.41) is 13.4. The van der Waals surface area contributed by atoms with Crippen molar-refractivity contribution in [2.75, 3.05) is 11.9 Å². The van der Waals surface area contributed by atoms with Gasteiger partial charge in [0, 0.05) is 36.4 Å². The Kier molecular flexibility index (Phi) is 6.08. The summed E-state index contributed by atoms with van der Waals surface area (Å²) in [6.07, 6.45) is 1.66. The molecule has 0 aliphatic carbocycles. The number of carbonyl (C=O) groups is 2. The third kappa shape index (κ3) is 4.69. The Morgan fingerprint density at radius 3 is 2.39 bits per heavy atom. The Balaban J connectivity index is 1.62. The molecule has 0 fully saturated rings.